The van der Waals surface area contributed by atoms with Gasteiger partial charge in [0.15, 0.2) is 0 Å². The molecule has 1 aromatic rings. The number of rotatable bonds is 4. The van der Waals surface area contributed by atoms with Crippen LogP contribution in [0.15, 0.2) is 18.2 Å². The average Bonchev–Trinajstić information content (AvgIpc) is 2.30. The van der Waals surface area contributed by atoms with Crippen LogP contribution in [0, 0.1) is 6.92 Å². The van der Waals surface area contributed by atoms with Crippen molar-refractivity contribution < 1.29 is 14.7 Å². The summed E-state index contributed by atoms with van der Waals surface area (Å²) in [4.78, 5) is 23.4. The van der Waals surface area contributed by atoms with E-state index in [1.165, 1.54) is 11.9 Å². The molecule has 0 spiro atoms. The molecule has 0 aliphatic rings. The average molecular weight is 271 g/mol. The molecule has 6 heteroatoms. The van der Waals surface area contributed by atoms with Crippen molar-refractivity contribution in [1.82, 2.24) is 4.90 Å². The van der Waals surface area contributed by atoms with Gasteiger partial charge in [-0.25, -0.2) is 4.79 Å². The molecule has 18 heavy (non-hydrogen) atoms. The number of hydrogen-bond donors (Lipinski definition) is 2. The van der Waals surface area contributed by atoms with Gasteiger partial charge in [-0.3, -0.25) is 4.79 Å². The predicted octanol–water partition coefficient (Wildman–Crippen LogP) is 2.59. The second-order valence-electron chi connectivity index (χ2n) is 3.96. The summed E-state index contributed by atoms with van der Waals surface area (Å²) in [7, 11) is 1.54. The quantitative estimate of drug-likeness (QED) is 0.883. The lowest BCUT2D eigenvalue weighted by atomic mass is 10.2. The Morgan fingerprint density at radius 2 is 2.11 bits per heavy atom. The number of hydrogen-bond acceptors (Lipinski definition) is 2. The maximum absolute atomic E-state index is 11.7. The van der Waals surface area contributed by atoms with Crippen LogP contribution in [-0.2, 0) is 4.79 Å². The standard InChI is InChI=1S/C12H15ClN2O3/c1-8-3-4-9(7-10(8)13)14-12(18)15(2)6-5-11(16)17/h3-4,7H,5-6H2,1-2H3,(H,14,18)(H,16,17). The summed E-state index contributed by atoms with van der Waals surface area (Å²) < 4.78 is 0. The maximum atomic E-state index is 11.7. The van der Waals surface area contributed by atoms with Gasteiger partial charge in [0.1, 0.15) is 0 Å². The van der Waals surface area contributed by atoms with Gasteiger partial charge in [-0.15, -0.1) is 0 Å². The molecule has 0 fully saturated rings. The summed E-state index contributed by atoms with van der Waals surface area (Å²) in [6, 6.07) is 4.83. The second kappa shape index (κ2) is 6.26. The summed E-state index contributed by atoms with van der Waals surface area (Å²) in [5.41, 5.74) is 1.51. The fraction of sp³-hybridized carbons (Fsp3) is 0.333. The van der Waals surface area contributed by atoms with Gasteiger partial charge in [0.25, 0.3) is 0 Å². The number of anilines is 1. The lowest BCUT2D eigenvalue weighted by Crippen LogP contribution is -2.33. The van der Waals surface area contributed by atoms with Crippen LogP contribution in [0.4, 0.5) is 10.5 Å². The van der Waals surface area contributed by atoms with E-state index in [4.69, 9.17) is 16.7 Å². The molecule has 0 aliphatic heterocycles. The maximum Gasteiger partial charge on any atom is 0.321 e. The number of halogens is 1. The Morgan fingerprint density at radius 3 is 2.67 bits per heavy atom. The zero-order valence-electron chi connectivity index (χ0n) is 10.2. The number of carboxylic acids is 1. The third-order valence-corrected chi connectivity index (χ3v) is 2.84. The van der Waals surface area contributed by atoms with Gasteiger partial charge in [-0.05, 0) is 24.6 Å². The first kappa shape index (κ1) is 14.3. The van der Waals surface area contributed by atoms with E-state index in [0.717, 1.165) is 5.56 Å². The first-order valence-electron chi connectivity index (χ1n) is 5.40. The summed E-state index contributed by atoms with van der Waals surface area (Å²) in [6.45, 7) is 2.02. The van der Waals surface area contributed by atoms with Crippen LogP contribution in [0.2, 0.25) is 5.02 Å². The highest BCUT2D eigenvalue weighted by molar-refractivity contribution is 6.31. The molecule has 0 atom stereocenters. The lowest BCUT2D eigenvalue weighted by Gasteiger charge is -2.17. The number of aliphatic carboxylic acids is 1. The highest BCUT2D eigenvalue weighted by atomic mass is 35.5. The monoisotopic (exact) mass is 270 g/mol. The van der Waals surface area contributed by atoms with Gasteiger partial charge in [0.05, 0.1) is 6.42 Å². The molecule has 2 amide bonds. The Labute approximate surface area is 110 Å². The van der Waals surface area contributed by atoms with Crippen molar-refractivity contribution >= 4 is 29.3 Å². The Morgan fingerprint density at radius 1 is 1.44 bits per heavy atom. The van der Waals surface area contributed by atoms with E-state index in [2.05, 4.69) is 5.32 Å². The van der Waals surface area contributed by atoms with E-state index in [-0.39, 0.29) is 19.0 Å². The summed E-state index contributed by atoms with van der Waals surface area (Å²) in [6.07, 6.45) is -0.0847. The van der Waals surface area contributed by atoms with E-state index < -0.39 is 5.97 Å². The normalized spacial score (nSPS) is 9.94. The molecule has 0 saturated heterocycles. The molecule has 0 saturated carbocycles. The summed E-state index contributed by atoms with van der Waals surface area (Å²) in [5.74, 6) is -0.937. The van der Waals surface area contributed by atoms with Crippen LogP contribution in [-0.4, -0.2) is 35.6 Å². The number of carbonyl (C=O) groups excluding carboxylic acids is 1. The van der Waals surface area contributed by atoms with Crippen LogP contribution < -0.4 is 5.32 Å². The van der Waals surface area contributed by atoms with Crippen molar-refractivity contribution in [2.24, 2.45) is 0 Å². The molecule has 0 aliphatic carbocycles. The minimum Gasteiger partial charge on any atom is -0.481 e. The van der Waals surface area contributed by atoms with Crippen molar-refractivity contribution in [2.75, 3.05) is 18.9 Å². The van der Waals surface area contributed by atoms with Crippen molar-refractivity contribution in [3.8, 4) is 0 Å². The third kappa shape index (κ3) is 4.25. The highest BCUT2D eigenvalue weighted by Gasteiger charge is 2.10. The molecule has 5 nitrogen and oxygen atoms in total. The number of amides is 2. The number of nitrogens with one attached hydrogen (secondary N) is 1. The van der Waals surface area contributed by atoms with E-state index in [0.29, 0.717) is 10.7 Å². The third-order valence-electron chi connectivity index (χ3n) is 2.43. The molecule has 0 heterocycles. The van der Waals surface area contributed by atoms with E-state index in [1.807, 2.05) is 6.92 Å². The lowest BCUT2D eigenvalue weighted by molar-refractivity contribution is -0.137. The number of urea groups is 1. The van der Waals surface area contributed by atoms with Crippen LogP contribution in [0.3, 0.4) is 0 Å². The van der Waals surface area contributed by atoms with Gasteiger partial charge in [0, 0.05) is 24.3 Å². The van der Waals surface area contributed by atoms with Crippen molar-refractivity contribution in [3.63, 3.8) is 0 Å². The van der Waals surface area contributed by atoms with Crippen LogP contribution in [0.25, 0.3) is 0 Å². The van der Waals surface area contributed by atoms with Gasteiger partial charge < -0.3 is 15.3 Å². The van der Waals surface area contributed by atoms with Crippen LogP contribution in [0.5, 0.6) is 0 Å². The van der Waals surface area contributed by atoms with Gasteiger partial charge in [-0.2, -0.15) is 0 Å². The SMILES string of the molecule is Cc1ccc(NC(=O)N(C)CCC(=O)O)cc1Cl. The minimum absolute atomic E-state index is 0.0847. The molecule has 0 radical (unpaired) electrons. The number of carboxylic acid groups (broad SMARTS) is 1. The van der Waals surface area contributed by atoms with Crippen molar-refractivity contribution in [3.05, 3.63) is 28.8 Å². The van der Waals surface area contributed by atoms with Gasteiger partial charge in [-0.1, -0.05) is 17.7 Å². The van der Waals surface area contributed by atoms with Crippen molar-refractivity contribution in [2.45, 2.75) is 13.3 Å². The molecule has 1 aromatic carbocycles. The fourth-order valence-corrected chi connectivity index (χ4v) is 1.43. The summed E-state index contributed by atoms with van der Waals surface area (Å²) in [5, 5.41) is 11.7. The number of aryl methyl sites for hydroxylation is 1. The number of nitrogens with zero attached hydrogens (tertiary/aromatic N) is 1. The number of benzene rings is 1. The Bertz CT molecular complexity index is 463. The van der Waals surface area contributed by atoms with E-state index in [1.54, 1.807) is 18.2 Å². The molecule has 98 valence electrons. The first-order valence-corrected chi connectivity index (χ1v) is 5.78. The first-order chi connectivity index (χ1) is 8.40. The zero-order chi connectivity index (χ0) is 13.7. The van der Waals surface area contributed by atoms with Crippen molar-refractivity contribution in [1.29, 1.82) is 0 Å². The fourth-order valence-electron chi connectivity index (χ4n) is 1.25. The van der Waals surface area contributed by atoms with Gasteiger partial charge >= 0.3 is 12.0 Å². The Kier molecular flexibility index (Phi) is 4.97. The van der Waals surface area contributed by atoms with Gasteiger partial charge in [0.2, 0.25) is 0 Å². The second-order valence-corrected chi connectivity index (χ2v) is 4.37. The largest absolute Gasteiger partial charge is 0.481 e. The Hall–Kier alpha value is -1.75. The molecular formula is C12H15ClN2O3. The summed E-state index contributed by atoms with van der Waals surface area (Å²) >= 11 is 5.94. The molecule has 0 unspecified atom stereocenters. The topological polar surface area (TPSA) is 69.6 Å². The molecular weight excluding hydrogens is 256 g/mol. The molecule has 0 aromatic heterocycles. The predicted molar refractivity (Wildman–Crippen MR) is 70.1 cm³/mol. The molecule has 0 bridgehead atoms. The minimum atomic E-state index is -0.937. The number of carbonyl (C=O) groups is 2. The van der Waals surface area contributed by atoms with Crippen LogP contribution in [0.1, 0.15) is 12.0 Å². The molecule has 2 N–H and O–H groups in total. The Balaban J connectivity index is 2.58. The highest BCUT2D eigenvalue weighted by Crippen LogP contribution is 2.20. The smallest absolute Gasteiger partial charge is 0.321 e. The molecule has 1 rings (SSSR count). The van der Waals surface area contributed by atoms with Crippen LogP contribution >= 0.6 is 11.6 Å². The van der Waals surface area contributed by atoms with E-state index in [9.17, 15) is 9.59 Å². The van der Waals surface area contributed by atoms with E-state index >= 15 is 0 Å². The zero-order valence-corrected chi connectivity index (χ0v) is 11.0.